The van der Waals surface area contributed by atoms with Crippen molar-refractivity contribution in [3.63, 3.8) is 0 Å². The van der Waals surface area contributed by atoms with Crippen LogP contribution in [0.1, 0.15) is 22.6 Å². The molecule has 1 atom stereocenters. The molecule has 0 bridgehead atoms. The molecule has 1 amide bonds. The molecule has 0 aliphatic carbocycles. The van der Waals surface area contributed by atoms with Gasteiger partial charge in [0.25, 0.3) is 0 Å². The van der Waals surface area contributed by atoms with E-state index in [1.807, 2.05) is 60.7 Å². The summed E-state index contributed by atoms with van der Waals surface area (Å²) in [6.07, 6.45) is 0.735. The van der Waals surface area contributed by atoms with Gasteiger partial charge in [-0.1, -0.05) is 72.8 Å². The van der Waals surface area contributed by atoms with Crippen LogP contribution >= 0.6 is 0 Å². The molecule has 5 nitrogen and oxygen atoms in total. The summed E-state index contributed by atoms with van der Waals surface area (Å²) >= 11 is 0. The minimum Gasteiger partial charge on any atom is -0.467 e. The van der Waals surface area contributed by atoms with Gasteiger partial charge >= 0.3 is 5.97 Å². The van der Waals surface area contributed by atoms with Gasteiger partial charge in [-0.2, -0.15) is 0 Å². The van der Waals surface area contributed by atoms with Crippen molar-refractivity contribution in [3.8, 4) is 0 Å². The zero-order valence-electron chi connectivity index (χ0n) is 19.3. The van der Waals surface area contributed by atoms with Crippen molar-refractivity contribution in [2.24, 2.45) is 0 Å². The first-order chi connectivity index (χ1) is 16.6. The van der Waals surface area contributed by atoms with Gasteiger partial charge in [-0.15, -0.1) is 0 Å². The molecule has 4 rings (SSSR count). The maximum Gasteiger partial charge on any atom is 0.329 e. The van der Waals surface area contributed by atoms with Crippen LogP contribution in [0.15, 0.2) is 84.9 Å². The van der Waals surface area contributed by atoms with Gasteiger partial charge in [-0.3, -0.25) is 9.69 Å². The average Bonchev–Trinajstić information content (AvgIpc) is 2.89. The van der Waals surface area contributed by atoms with Crippen LogP contribution in [0.25, 0.3) is 0 Å². The number of carbonyl (C=O) groups is 2. The van der Waals surface area contributed by atoms with Crippen molar-refractivity contribution in [2.75, 3.05) is 33.3 Å². The zero-order valence-corrected chi connectivity index (χ0v) is 19.3. The number of benzene rings is 3. The fourth-order valence-corrected chi connectivity index (χ4v) is 4.52. The maximum absolute atomic E-state index is 13.9. The molecule has 3 aromatic rings. The second kappa shape index (κ2) is 11.1. The summed E-state index contributed by atoms with van der Waals surface area (Å²) in [6, 6.07) is 25.1. The number of esters is 1. The second-order valence-corrected chi connectivity index (χ2v) is 8.50. The first kappa shape index (κ1) is 23.6. The topological polar surface area (TPSA) is 49.9 Å². The largest absolute Gasteiger partial charge is 0.467 e. The molecule has 34 heavy (non-hydrogen) atoms. The highest BCUT2D eigenvalue weighted by atomic mass is 19.1. The number of methoxy groups -OCH3 is 1. The molecule has 0 unspecified atom stereocenters. The van der Waals surface area contributed by atoms with Crippen LogP contribution in [0.5, 0.6) is 0 Å². The van der Waals surface area contributed by atoms with Crippen LogP contribution in [-0.4, -0.2) is 61.0 Å². The van der Waals surface area contributed by atoms with E-state index in [2.05, 4.69) is 4.90 Å². The number of rotatable bonds is 7. The van der Waals surface area contributed by atoms with Gasteiger partial charge in [0.05, 0.1) is 13.0 Å². The van der Waals surface area contributed by atoms with E-state index in [1.54, 1.807) is 17.0 Å². The smallest absolute Gasteiger partial charge is 0.329 e. The summed E-state index contributed by atoms with van der Waals surface area (Å²) < 4.78 is 18.3. The van der Waals surface area contributed by atoms with E-state index in [-0.39, 0.29) is 11.7 Å². The predicted octanol–water partition coefficient (Wildman–Crippen LogP) is 3.89. The third-order valence-corrected chi connectivity index (χ3v) is 6.36. The fraction of sp³-hybridized carbons (Fsp3) is 0.286. The zero-order chi connectivity index (χ0) is 23.9. The summed E-state index contributed by atoms with van der Waals surface area (Å²) in [6.45, 7) is 2.19. The molecule has 0 radical (unpaired) electrons. The monoisotopic (exact) mass is 460 g/mol. The molecule has 6 heteroatoms. The first-order valence-electron chi connectivity index (χ1n) is 11.5. The van der Waals surface area contributed by atoms with Crippen LogP contribution in [-0.2, 0) is 20.7 Å². The van der Waals surface area contributed by atoms with E-state index in [9.17, 15) is 14.0 Å². The third-order valence-electron chi connectivity index (χ3n) is 6.36. The van der Waals surface area contributed by atoms with E-state index in [4.69, 9.17) is 4.74 Å². The van der Waals surface area contributed by atoms with Gasteiger partial charge in [0.15, 0.2) is 0 Å². The molecule has 1 fully saturated rings. The summed E-state index contributed by atoms with van der Waals surface area (Å²) in [5, 5.41) is 0. The van der Waals surface area contributed by atoms with Crippen LogP contribution in [0, 0.1) is 5.82 Å². The molecule has 0 N–H and O–H groups in total. The quantitative estimate of drug-likeness (QED) is 0.502. The summed E-state index contributed by atoms with van der Waals surface area (Å²) in [7, 11) is 1.36. The van der Waals surface area contributed by atoms with Gasteiger partial charge < -0.3 is 9.64 Å². The summed E-state index contributed by atoms with van der Waals surface area (Å²) in [5.41, 5.74) is 2.81. The number of ether oxygens (including phenoxy) is 1. The molecule has 0 aromatic heterocycles. The van der Waals surface area contributed by atoms with Crippen LogP contribution in [0.4, 0.5) is 4.39 Å². The van der Waals surface area contributed by atoms with Crippen molar-refractivity contribution in [2.45, 2.75) is 18.4 Å². The lowest BCUT2D eigenvalue weighted by Crippen LogP contribution is -2.59. The normalized spacial score (nSPS) is 16.4. The van der Waals surface area contributed by atoms with Crippen LogP contribution in [0.2, 0.25) is 0 Å². The highest BCUT2D eigenvalue weighted by Gasteiger charge is 2.39. The lowest BCUT2D eigenvalue weighted by molar-refractivity contribution is -0.156. The number of piperazine rings is 1. The van der Waals surface area contributed by atoms with Crippen molar-refractivity contribution >= 4 is 11.9 Å². The lowest BCUT2D eigenvalue weighted by Gasteiger charge is -2.41. The van der Waals surface area contributed by atoms with Gasteiger partial charge in [-0.05, 0) is 35.2 Å². The standard InChI is InChI=1S/C28H29FN2O3/c1-34-28(33)25-20-30(17-16-21-12-14-24(29)15-13-21)18-19-31(25)27(32)26(22-8-4-2-5-9-22)23-10-6-3-7-11-23/h2-15,25-26H,16-20H2,1H3/t25-/m0/s1. The Kier molecular flexibility index (Phi) is 7.70. The Bertz CT molecular complexity index is 1050. The number of halogens is 1. The van der Waals surface area contributed by atoms with Gasteiger partial charge in [-0.25, -0.2) is 9.18 Å². The molecule has 1 saturated heterocycles. The van der Waals surface area contributed by atoms with Gasteiger partial charge in [0.2, 0.25) is 5.91 Å². The van der Waals surface area contributed by atoms with E-state index >= 15 is 0 Å². The highest BCUT2D eigenvalue weighted by Crippen LogP contribution is 2.29. The van der Waals surface area contributed by atoms with E-state index < -0.39 is 17.9 Å². The summed E-state index contributed by atoms with van der Waals surface area (Å²) in [5.74, 6) is -1.28. The van der Waals surface area contributed by atoms with E-state index in [0.717, 1.165) is 23.1 Å². The van der Waals surface area contributed by atoms with Crippen molar-refractivity contribution in [1.82, 2.24) is 9.80 Å². The van der Waals surface area contributed by atoms with E-state index in [1.165, 1.54) is 19.2 Å². The molecule has 1 heterocycles. The van der Waals surface area contributed by atoms with Crippen LogP contribution < -0.4 is 0 Å². The minimum absolute atomic E-state index is 0.106. The van der Waals surface area contributed by atoms with Crippen molar-refractivity contribution in [3.05, 3.63) is 107 Å². The van der Waals surface area contributed by atoms with Crippen LogP contribution in [0.3, 0.4) is 0 Å². The van der Waals surface area contributed by atoms with Crippen molar-refractivity contribution < 1.29 is 18.7 Å². The van der Waals surface area contributed by atoms with E-state index in [0.29, 0.717) is 26.2 Å². The minimum atomic E-state index is -0.686. The predicted molar refractivity (Wildman–Crippen MR) is 129 cm³/mol. The Hall–Kier alpha value is -3.51. The Morgan fingerprint density at radius 3 is 2.06 bits per heavy atom. The Morgan fingerprint density at radius 1 is 0.912 bits per heavy atom. The Morgan fingerprint density at radius 2 is 1.50 bits per heavy atom. The van der Waals surface area contributed by atoms with Gasteiger partial charge in [0, 0.05) is 26.2 Å². The fourth-order valence-electron chi connectivity index (χ4n) is 4.52. The third kappa shape index (κ3) is 5.51. The molecule has 1 aliphatic heterocycles. The molecule has 1 aliphatic rings. The van der Waals surface area contributed by atoms with Gasteiger partial charge in [0.1, 0.15) is 11.9 Å². The Balaban J connectivity index is 1.53. The molecular weight excluding hydrogens is 431 g/mol. The Labute approximate surface area is 199 Å². The first-order valence-corrected chi connectivity index (χ1v) is 11.5. The number of amides is 1. The number of hydrogen-bond acceptors (Lipinski definition) is 4. The molecule has 176 valence electrons. The number of nitrogens with zero attached hydrogens (tertiary/aromatic N) is 2. The average molecular weight is 461 g/mol. The molecule has 3 aromatic carbocycles. The molecular formula is C28H29FN2O3. The van der Waals surface area contributed by atoms with Crippen molar-refractivity contribution in [1.29, 1.82) is 0 Å². The second-order valence-electron chi connectivity index (χ2n) is 8.50. The summed E-state index contributed by atoms with van der Waals surface area (Å²) in [4.78, 5) is 30.5. The SMILES string of the molecule is COC(=O)[C@@H]1CN(CCc2ccc(F)cc2)CCN1C(=O)C(c1ccccc1)c1ccccc1. The highest BCUT2D eigenvalue weighted by molar-refractivity contribution is 5.91. The lowest BCUT2D eigenvalue weighted by atomic mass is 9.89. The maximum atomic E-state index is 13.9. The number of carbonyl (C=O) groups excluding carboxylic acids is 2. The number of hydrogen-bond donors (Lipinski definition) is 0. The molecule has 0 saturated carbocycles. The molecule has 0 spiro atoms.